The highest BCUT2D eigenvalue weighted by Crippen LogP contribution is 2.33. The Labute approximate surface area is 260 Å². The second-order valence-corrected chi connectivity index (χ2v) is 12.9. The number of aliphatic carboxylic acids is 1. The molecule has 2 aliphatic heterocycles. The molecular weight excluding hydrogens is 636 g/mol. The van der Waals surface area contributed by atoms with Gasteiger partial charge >= 0.3 is 16.4 Å². The van der Waals surface area contributed by atoms with Crippen LogP contribution in [-0.2, 0) is 47.5 Å². The molecule has 0 radical (unpaired) electrons. The number of carboxylic acid groups (broad SMARTS) is 1. The number of benzene rings is 1. The zero-order chi connectivity index (χ0) is 32.7. The van der Waals surface area contributed by atoms with Crippen LogP contribution < -0.4 is 25.8 Å². The van der Waals surface area contributed by atoms with Gasteiger partial charge in [0.25, 0.3) is 17.9 Å². The van der Waals surface area contributed by atoms with Gasteiger partial charge in [0, 0.05) is 24.4 Å². The normalized spacial score (nSPS) is 19.1. The Hall–Kier alpha value is -4.37. The van der Waals surface area contributed by atoms with Crippen molar-refractivity contribution in [2.75, 3.05) is 25.4 Å². The molecule has 0 bridgehead atoms. The van der Waals surface area contributed by atoms with Crippen LogP contribution in [0.15, 0.2) is 34.9 Å². The Balaban J connectivity index is 1.29. The number of aromatic nitrogens is 3. The summed E-state index contributed by atoms with van der Waals surface area (Å²) >= 11 is 0.968. The number of nitrogens with two attached hydrogens (primary N) is 1. The lowest BCUT2D eigenvalue weighted by molar-refractivity contribution is -0.751. The number of carbonyl (C=O) groups excluding carboxylic acids is 2. The van der Waals surface area contributed by atoms with Crippen LogP contribution in [0.1, 0.15) is 19.5 Å². The molecule has 5 rings (SSSR count). The van der Waals surface area contributed by atoms with E-state index in [1.165, 1.54) is 19.2 Å². The highest BCUT2D eigenvalue weighted by Gasteiger charge is 2.58. The molecule has 2 aliphatic rings. The summed E-state index contributed by atoms with van der Waals surface area (Å²) in [5.41, 5.74) is 4.69. The third kappa shape index (κ3) is 6.83. The molecule has 0 aliphatic carbocycles. The molecule has 20 heteroatoms. The molecule has 18 nitrogen and oxygen atoms in total. The number of rotatable bonds is 13. The van der Waals surface area contributed by atoms with Gasteiger partial charge in [-0.15, -0.1) is 20.3 Å². The summed E-state index contributed by atoms with van der Waals surface area (Å²) < 4.78 is 45.3. The number of nitrogens with zero attached hydrogens (tertiary/aromatic N) is 5. The van der Waals surface area contributed by atoms with Gasteiger partial charge in [-0.05, 0) is 32.0 Å². The second-order valence-electron chi connectivity index (χ2n) is 11.0. The van der Waals surface area contributed by atoms with E-state index in [-0.39, 0.29) is 10.8 Å². The standard InChI is InChI=1S/C25H30N8O10S2/c1-25(2)20(22(35)33(25)43-45(38,39)40)29-21(34)19(16-12-44-24(26)28-16)30-42-18(23(36)37)11-41-15-4-5-17-14(6-15)10-31(3)32(17)9-13-7-27-8-13/h4-6,10,12-13,18,20,27H,7-9,11H2,1-3H3,(H4-,26,28,29,34,36,37,38,39,40)/p+1/b30-19-/t18?,20-/m1/s1. The first-order chi connectivity index (χ1) is 21.1. The van der Waals surface area contributed by atoms with Crippen molar-refractivity contribution in [3.63, 3.8) is 0 Å². The fraction of sp³-hybridized carbons (Fsp3) is 0.440. The first-order valence-corrected chi connectivity index (χ1v) is 15.7. The van der Waals surface area contributed by atoms with Crippen molar-refractivity contribution in [2.24, 2.45) is 18.1 Å². The topological polar surface area (TPSA) is 241 Å². The number of carboxylic acids is 1. The quantitative estimate of drug-likeness (QED) is 0.0475. The van der Waals surface area contributed by atoms with E-state index in [0.717, 1.165) is 41.9 Å². The number of carbonyl (C=O) groups is 3. The molecular formula is C25H31N8O10S2+. The first-order valence-electron chi connectivity index (χ1n) is 13.5. The Morgan fingerprint density at radius 3 is 2.67 bits per heavy atom. The molecule has 45 heavy (non-hydrogen) atoms. The Morgan fingerprint density at radius 2 is 2.09 bits per heavy atom. The number of anilines is 1. The van der Waals surface area contributed by atoms with Crippen LogP contribution in [-0.4, -0.2) is 93.7 Å². The van der Waals surface area contributed by atoms with Gasteiger partial charge in [0.1, 0.15) is 29.6 Å². The number of hydroxylamine groups is 2. The number of hydrogen-bond donors (Lipinski definition) is 5. The Kier molecular flexibility index (Phi) is 8.68. The average molecular weight is 668 g/mol. The number of nitrogen functional groups attached to an aromatic ring is 1. The number of fused-ring (bicyclic) bond motifs is 1. The third-order valence-electron chi connectivity index (χ3n) is 7.33. The summed E-state index contributed by atoms with van der Waals surface area (Å²) in [7, 11) is -3.07. The predicted molar refractivity (Wildman–Crippen MR) is 156 cm³/mol. The molecule has 242 valence electrons. The summed E-state index contributed by atoms with van der Waals surface area (Å²) in [5, 5.41) is 21.9. The first kappa shape index (κ1) is 32.0. The number of aryl methyl sites for hydroxylation is 1. The average Bonchev–Trinajstić information content (AvgIpc) is 3.50. The van der Waals surface area contributed by atoms with Gasteiger partial charge in [0.2, 0.25) is 6.20 Å². The van der Waals surface area contributed by atoms with E-state index in [1.54, 1.807) is 12.1 Å². The van der Waals surface area contributed by atoms with Gasteiger partial charge in [-0.25, -0.2) is 9.78 Å². The summed E-state index contributed by atoms with van der Waals surface area (Å²) in [6.45, 7) is 5.03. The number of ether oxygens (including phenoxy) is 1. The zero-order valence-electron chi connectivity index (χ0n) is 24.2. The molecule has 2 atom stereocenters. The maximum absolute atomic E-state index is 13.2. The fourth-order valence-corrected chi connectivity index (χ4v) is 5.81. The monoisotopic (exact) mass is 667 g/mol. The van der Waals surface area contributed by atoms with E-state index in [2.05, 4.69) is 29.7 Å². The second kappa shape index (κ2) is 12.2. The lowest BCUT2D eigenvalue weighted by Crippen LogP contribution is -2.76. The SMILES string of the molecule is C[n+]1cc2cc(OCC(O/N=C(\C(=O)N[C@@H]3C(=O)N(OS(=O)(=O)O)C3(C)C)c3csc(N)n3)C(=O)O)ccc2n1CC1CNC1. The van der Waals surface area contributed by atoms with E-state index in [1.807, 2.05) is 24.0 Å². The van der Waals surface area contributed by atoms with Gasteiger partial charge in [-0.2, -0.15) is 18.2 Å². The van der Waals surface area contributed by atoms with Crippen LogP contribution in [0.25, 0.3) is 10.9 Å². The molecule has 3 aromatic rings. The van der Waals surface area contributed by atoms with Crippen molar-refractivity contribution in [1.29, 1.82) is 0 Å². The van der Waals surface area contributed by atoms with Crippen molar-refractivity contribution in [1.82, 2.24) is 25.4 Å². The van der Waals surface area contributed by atoms with E-state index >= 15 is 0 Å². The summed E-state index contributed by atoms with van der Waals surface area (Å²) in [6, 6.07) is 4.05. The third-order valence-corrected chi connectivity index (χ3v) is 8.34. The number of β-lactam (4-membered cyclic amide) rings is 1. The minimum atomic E-state index is -5.01. The molecule has 2 saturated heterocycles. The molecule has 2 aromatic heterocycles. The van der Waals surface area contributed by atoms with E-state index < -0.39 is 58.2 Å². The van der Waals surface area contributed by atoms with Gasteiger partial charge in [0.05, 0.1) is 17.5 Å². The summed E-state index contributed by atoms with van der Waals surface area (Å²) in [6.07, 6.45) is 0.280. The van der Waals surface area contributed by atoms with Gasteiger partial charge < -0.3 is 31.0 Å². The van der Waals surface area contributed by atoms with Crippen molar-refractivity contribution in [3.8, 4) is 5.75 Å². The van der Waals surface area contributed by atoms with Gasteiger partial charge in [-0.1, -0.05) is 5.16 Å². The van der Waals surface area contributed by atoms with Crippen LogP contribution in [0.2, 0.25) is 0 Å². The molecule has 0 spiro atoms. The van der Waals surface area contributed by atoms with Crippen molar-refractivity contribution in [3.05, 3.63) is 35.5 Å². The fourth-order valence-electron chi connectivity index (χ4n) is 4.81. The maximum atomic E-state index is 13.2. The number of oxime groups is 1. The molecule has 0 saturated carbocycles. The van der Waals surface area contributed by atoms with Gasteiger partial charge in [0.15, 0.2) is 17.9 Å². The molecule has 2 fully saturated rings. The van der Waals surface area contributed by atoms with Crippen LogP contribution in [0.5, 0.6) is 5.75 Å². The summed E-state index contributed by atoms with van der Waals surface area (Å²) in [4.78, 5) is 46.9. The predicted octanol–water partition coefficient (Wildman–Crippen LogP) is -1.18. The van der Waals surface area contributed by atoms with E-state index in [0.29, 0.717) is 16.7 Å². The molecule has 1 unspecified atom stereocenters. The number of thiazole rings is 1. The largest absolute Gasteiger partial charge is 0.489 e. The minimum absolute atomic E-state index is 0.0679. The molecule has 6 N–H and O–H groups in total. The molecule has 1 aromatic carbocycles. The highest BCUT2D eigenvalue weighted by atomic mass is 32.3. The van der Waals surface area contributed by atoms with Crippen LogP contribution in [0.4, 0.5) is 5.13 Å². The zero-order valence-corrected chi connectivity index (χ0v) is 25.9. The van der Waals surface area contributed by atoms with Crippen LogP contribution in [0.3, 0.4) is 0 Å². The highest BCUT2D eigenvalue weighted by molar-refractivity contribution is 7.80. The smallest absolute Gasteiger partial charge is 0.418 e. The minimum Gasteiger partial charge on any atom is -0.489 e. The van der Waals surface area contributed by atoms with E-state index in [9.17, 15) is 27.9 Å². The summed E-state index contributed by atoms with van der Waals surface area (Å²) in [5.74, 6) is -2.50. The molecule has 4 heterocycles. The van der Waals surface area contributed by atoms with Crippen LogP contribution >= 0.6 is 11.3 Å². The van der Waals surface area contributed by atoms with Crippen LogP contribution in [0, 0.1) is 5.92 Å². The number of amides is 2. The van der Waals surface area contributed by atoms with Crippen molar-refractivity contribution >= 4 is 61.3 Å². The Bertz CT molecular complexity index is 1780. The molecule has 2 amide bonds. The van der Waals surface area contributed by atoms with Crippen molar-refractivity contribution in [2.45, 2.75) is 38.1 Å². The maximum Gasteiger partial charge on any atom is 0.418 e. The van der Waals surface area contributed by atoms with Crippen molar-refractivity contribution < 1.29 is 51.0 Å². The lowest BCUT2D eigenvalue weighted by atomic mass is 9.84. The Morgan fingerprint density at radius 1 is 1.36 bits per heavy atom. The van der Waals surface area contributed by atoms with E-state index in [4.69, 9.17) is 19.9 Å². The number of nitrogens with one attached hydrogen (secondary N) is 2. The van der Waals surface area contributed by atoms with Gasteiger partial charge in [-0.3, -0.25) is 14.1 Å². The lowest BCUT2D eigenvalue weighted by Gasteiger charge is -2.50. The number of hydrogen-bond acceptors (Lipinski definition) is 13.